The fourth-order valence-electron chi connectivity index (χ4n) is 3.30. The van der Waals surface area contributed by atoms with Crippen molar-refractivity contribution in [3.63, 3.8) is 0 Å². The number of benzene rings is 1. The lowest BCUT2D eigenvalue weighted by Crippen LogP contribution is -2.48. The molecule has 0 spiro atoms. The van der Waals surface area contributed by atoms with E-state index >= 15 is 0 Å². The van der Waals surface area contributed by atoms with Crippen molar-refractivity contribution in [1.29, 1.82) is 0 Å². The number of rotatable bonds is 6. The van der Waals surface area contributed by atoms with Gasteiger partial charge in [-0.05, 0) is 50.8 Å². The second kappa shape index (κ2) is 7.60. The molecular weight excluding hydrogens is 260 g/mol. The molecule has 1 heterocycles. The third-order valence-electron chi connectivity index (χ3n) is 4.84. The first-order valence-corrected chi connectivity index (χ1v) is 8.18. The fraction of sp³-hybridized carbons (Fsp3) is 0.611. The van der Waals surface area contributed by atoms with Gasteiger partial charge in [0.05, 0.1) is 5.41 Å². The zero-order chi connectivity index (χ0) is 15.1. The van der Waals surface area contributed by atoms with Crippen LogP contribution in [-0.2, 0) is 11.2 Å². The highest BCUT2D eigenvalue weighted by atomic mass is 16.2. The predicted octanol–water partition coefficient (Wildman–Crippen LogP) is 2.86. The van der Waals surface area contributed by atoms with E-state index in [1.54, 1.807) is 0 Å². The number of aryl methyl sites for hydroxylation is 1. The van der Waals surface area contributed by atoms with Crippen molar-refractivity contribution in [1.82, 2.24) is 10.2 Å². The van der Waals surface area contributed by atoms with E-state index in [9.17, 15) is 4.79 Å². The molecule has 3 heteroatoms. The van der Waals surface area contributed by atoms with Crippen molar-refractivity contribution in [2.75, 3.05) is 26.7 Å². The van der Waals surface area contributed by atoms with Gasteiger partial charge in [0.1, 0.15) is 0 Å². The van der Waals surface area contributed by atoms with Gasteiger partial charge >= 0.3 is 0 Å². The molecule has 0 atom stereocenters. The zero-order valence-corrected chi connectivity index (χ0v) is 13.4. The van der Waals surface area contributed by atoms with E-state index in [1.807, 2.05) is 18.0 Å². The number of carbonyl (C=O) groups excluding carboxylic acids is 1. The third-order valence-corrected chi connectivity index (χ3v) is 4.84. The first kappa shape index (κ1) is 16.0. The van der Waals surface area contributed by atoms with Gasteiger partial charge in [-0.1, -0.05) is 37.3 Å². The molecule has 1 amide bonds. The monoisotopic (exact) mass is 288 g/mol. The number of piperidine rings is 1. The van der Waals surface area contributed by atoms with E-state index in [-0.39, 0.29) is 5.41 Å². The highest BCUT2D eigenvalue weighted by molar-refractivity contribution is 5.82. The van der Waals surface area contributed by atoms with E-state index in [0.29, 0.717) is 5.91 Å². The molecule has 1 aliphatic heterocycles. The van der Waals surface area contributed by atoms with Crippen LogP contribution >= 0.6 is 0 Å². The molecular formula is C18H28N2O. The van der Waals surface area contributed by atoms with Crippen LogP contribution < -0.4 is 5.32 Å². The van der Waals surface area contributed by atoms with Crippen molar-refractivity contribution in [2.45, 2.75) is 39.0 Å². The van der Waals surface area contributed by atoms with Crippen LogP contribution in [0.2, 0.25) is 0 Å². The predicted molar refractivity (Wildman–Crippen MR) is 87.2 cm³/mol. The summed E-state index contributed by atoms with van der Waals surface area (Å²) in [5, 5.41) is 3.36. The summed E-state index contributed by atoms with van der Waals surface area (Å²) in [4.78, 5) is 14.7. The minimum atomic E-state index is -0.118. The number of nitrogens with one attached hydrogen (secondary N) is 1. The molecule has 1 saturated heterocycles. The van der Waals surface area contributed by atoms with Crippen LogP contribution in [0.5, 0.6) is 0 Å². The molecule has 0 saturated carbocycles. The van der Waals surface area contributed by atoms with Crippen molar-refractivity contribution in [3.8, 4) is 0 Å². The summed E-state index contributed by atoms with van der Waals surface area (Å²) < 4.78 is 0. The molecule has 1 fully saturated rings. The topological polar surface area (TPSA) is 32.3 Å². The first-order valence-electron chi connectivity index (χ1n) is 8.18. The van der Waals surface area contributed by atoms with E-state index in [2.05, 4.69) is 36.5 Å². The zero-order valence-electron chi connectivity index (χ0n) is 13.4. The second-order valence-corrected chi connectivity index (χ2v) is 6.20. The van der Waals surface area contributed by atoms with Crippen molar-refractivity contribution >= 4 is 5.91 Å². The van der Waals surface area contributed by atoms with Gasteiger partial charge in [0.15, 0.2) is 0 Å². The van der Waals surface area contributed by atoms with Crippen LogP contribution in [0.1, 0.15) is 38.2 Å². The van der Waals surface area contributed by atoms with Crippen LogP contribution in [0.4, 0.5) is 0 Å². The Bertz CT molecular complexity index is 438. The highest BCUT2D eigenvalue weighted by Gasteiger charge is 2.39. The molecule has 116 valence electrons. The summed E-state index contributed by atoms with van der Waals surface area (Å²) in [6.07, 6.45) is 4.98. The summed E-state index contributed by atoms with van der Waals surface area (Å²) in [6.45, 7) is 4.94. The quantitative estimate of drug-likeness (QED) is 0.873. The molecule has 1 N–H and O–H groups in total. The largest absolute Gasteiger partial charge is 0.345 e. The summed E-state index contributed by atoms with van der Waals surface area (Å²) in [6, 6.07) is 10.5. The molecule has 0 bridgehead atoms. The Morgan fingerprint density at radius 1 is 1.24 bits per heavy atom. The lowest BCUT2D eigenvalue weighted by molar-refractivity contribution is -0.142. The minimum absolute atomic E-state index is 0.118. The van der Waals surface area contributed by atoms with Gasteiger partial charge < -0.3 is 10.2 Å². The number of nitrogens with zero attached hydrogens (tertiary/aromatic N) is 1. The number of amides is 1. The molecule has 1 aliphatic rings. The standard InChI is InChI=1S/C18H28N2O/c1-3-18(11-13-19-14-12-18)17(21)20(2)15-7-10-16-8-5-4-6-9-16/h4-6,8-9,19H,3,7,10-15H2,1-2H3. The Balaban J connectivity index is 1.84. The summed E-state index contributed by atoms with van der Waals surface area (Å²) in [5.74, 6) is 0.347. The van der Waals surface area contributed by atoms with E-state index < -0.39 is 0 Å². The summed E-state index contributed by atoms with van der Waals surface area (Å²) in [7, 11) is 1.97. The highest BCUT2D eigenvalue weighted by Crippen LogP contribution is 2.34. The van der Waals surface area contributed by atoms with Crippen LogP contribution in [0.25, 0.3) is 0 Å². The molecule has 21 heavy (non-hydrogen) atoms. The Labute approximate surface area is 128 Å². The van der Waals surface area contributed by atoms with Gasteiger partial charge in [0.2, 0.25) is 5.91 Å². The van der Waals surface area contributed by atoms with Crippen LogP contribution in [0, 0.1) is 5.41 Å². The maximum Gasteiger partial charge on any atom is 0.228 e. The van der Waals surface area contributed by atoms with Crippen molar-refractivity contribution in [2.24, 2.45) is 5.41 Å². The van der Waals surface area contributed by atoms with Gasteiger partial charge in [-0.2, -0.15) is 0 Å². The molecule has 0 aliphatic carbocycles. The van der Waals surface area contributed by atoms with Gasteiger partial charge in [-0.3, -0.25) is 4.79 Å². The second-order valence-electron chi connectivity index (χ2n) is 6.20. The number of hydrogen-bond donors (Lipinski definition) is 1. The third kappa shape index (κ3) is 4.07. The van der Waals surface area contributed by atoms with Gasteiger partial charge in [0.25, 0.3) is 0 Å². The summed E-state index contributed by atoms with van der Waals surface area (Å²) in [5.41, 5.74) is 1.23. The lowest BCUT2D eigenvalue weighted by Gasteiger charge is -2.38. The molecule has 1 aromatic rings. The first-order chi connectivity index (χ1) is 10.2. The minimum Gasteiger partial charge on any atom is -0.345 e. The molecule has 3 nitrogen and oxygen atoms in total. The van der Waals surface area contributed by atoms with E-state index in [1.165, 1.54) is 5.56 Å². The Morgan fingerprint density at radius 2 is 1.90 bits per heavy atom. The smallest absolute Gasteiger partial charge is 0.228 e. The fourth-order valence-corrected chi connectivity index (χ4v) is 3.30. The maximum atomic E-state index is 12.8. The summed E-state index contributed by atoms with van der Waals surface area (Å²) >= 11 is 0. The lowest BCUT2D eigenvalue weighted by atomic mass is 9.75. The SMILES string of the molecule is CCC1(C(=O)N(C)CCCc2ccccc2)CCNCC1. The van der Waals surface area contributed by atoms with Crippen molar-refractivity contribution < 1.29 is 4.79 Å². The molecule has 0 radical (unpaired) electrons. The molecule has 0 unspecified atom stereocenters. The average molecular weight is 288 g/mol. The van der Waals surface area contributed by atoms with Gasteiger partial charge in [0, 0.05) is 13.6 Å². The Morgan fingerprint density at radius 3 is 2.52 bits per heavy atom. The van der Waals surface area contributed by atoms with E-state index in [0.717, 1.165) is 51.7 Å². The van der Waals surface area contributed by atoms with Crippen LogP contribution in [0.3, 0.4) is 0 Å². The normalized spacial score (nSPS) is 17.4. The van der Waals surface area contributed by atoms with Crippen LogP contribution in [-0.4, -0.2) is 37.5 Å². The molecule has 0 aromatic heterocycles. The number of carbonyl (C=O) groups is 1. The number of hydrogen-bond acceptors (Lipinski definition) is 2. The molecule has 2 rings (SSSR count). The van der Waals surface area contributed by atoms with E-state index in [4.69, 9.17) is 0 Å². The maximum absolute atomic E-state index is 12.8. The molecule has 1 aromatic carbocycles. The van der Waals surface area contributed by atoms with Crippen molar-refractivity contribution in [3.05, 3.63) is 35.9 Å². The van der Waals surface area contributed by atoms with Gasteiger partial charge in [-0.25, -0.2) is 0 Å². The Kier molecular flexibility index (Phi) is 5.80. The Hall–Kier alpha value is -1.35. The van der Waals surface area contributed by atoms with Crippen LogP contribution in [0.15, 0.2) is 30.3 Å². The van der Waals surface area contributed by atoms with Gasteiger partial charge in [-0.15, -0.1) is 0 Å². The average Bonchev–Trinajstić information content (AvgIpc) is 2.55.